The third-order valence-corrected chi connectivity index (χ3v) is 5.67. The molecule has 0 bridgehead atoms. The third-order valence-electron chi connectivity index (χ3n) is 5.67. The molecule has 1 spiro atoms. The second kappa shape index (κ2) is 5.34. The highest BCUT2D eigenvalue weighted by Gasteiger charge is 2.46. The van der Waals surface area contributed by atoms with E-state index in [0.29, 0.717) is 17.2 Å². The lowest BCUT2D eigenvalue weighted by Crippen LogP contribution is -2.51. The van der Waals surface area contributed by atoms with Gasteiger partial charge in [0.25, 0.3) is 5.91 Å². The fourth-order valence-electron chi connectivity index (χ4n) is 4.19. The Labute approximate surface area is 136 Å². The summed E-state index contributed by atoms with van der Waals surface area (Å²) < 4.78 is 7.33. The minimum Gasteiger partial charge on any atom is -0.381 e. The van der Waals surface area contributed by atoms with E-state index < -0.39 is 0 Å². The van der Waals surface area contributed by atoms with E-state index >= 15 is 0 Å². The molecule has 0 N–H and O–H groups in total. The number of pyridine rings is 1. The smallest absolute Gasteiger partial charge is 0.272 e. The number of piperidine rings is 1. The van der Waals surface area contributed by atoms with Gasteiger partial charge >= 0.3 is 0 Å². The molecule has 0 unspecified atom stereocenters. The van der Waals surface area contributed by atoms with Crippen molar-refractivity contribution < 1.29 is 9.53 Å². The first kappa shape index (κ1) is 14.7. The summed E-state index contributed by atoms with van der Waals surface area (Å²) in [5.41, 5.74) is 2.78. The molecule has 1 aliphatic carbocycles. The molecule has 0 atom stereocenters. The van der Waals surface area contributed by atoms with Crippen molar-refractivity contribution in [3.63, 3.8) is 0 Å². The van der Waals surface area contributed by atoms with Crippen molar-refractivity contribution in [1.29, 1.82) is 0 Å². The molecule has 2 aliphatic rings. The molecule has 1 saturated heterocycles. The standard InChI is InChI=1S/C18H23N3O2/c1-13-16(21-8-4-3-5-15(21)19-13)17(22)20-9-6-18(7-10-20)11-14(12-18)23-2/h3-5,8,14H,6-7,9-12H2,1-2H3. The Kier molecular flexibility index (Phi) is 3.41. The summed E-state index contributed by atoms with van der Waals surface area (Å²) in [6, 6.07) is 5.83. The zero-order valence-electron chi connectivity index (χ0n) is 13.8. The molecule has 0 aromatic carbocycles. The van der Waals surface area contributed by atoms with Crippen LogP contribution in [0, 0.1) is 12.3 Å². The maximum Gasteiger partial charge on any atom is 0.272 e. The van der Waals surface area contributed by atoms with Gasteiger partial charge in [-0.3, -0.25) is 9.20 Å². The molecular weight excluding hydrogens is 290 g/mol. The minimum absolute atomic E-state index is 0.110. The monoisotopic (exact) mass is 313 g/mol. The van der Waals surface area contributed by atoms with E-state index in [4.69, 9.17) is 4.74 Å². The summed E-state index contributed by atoms with van der Waals surface area (Å²) in [5, 5.41) is 0. The summed E-state index contributed by atoms with van der Waals surface area (Å²) in [6.07, 6.45) is 6.84. The topological polar surface area (TPSA) is 46.8 Å². The minimum atomic E-state index is 0.110. The van der Waals surface area contributed by atoms with Crippen LogP contribution in [-0.4, -0.2) is 46.5 Å². The number of methoxy groups -OCH3 is 1. The van der Waals surface area contributed by atoms with Crippen molar-refractivity contribution in [2.24, 2.45) is 5.41 Å². The van der Waals surface area contributed by atoms with Gasteiger partial charge in [-0.05, 0) is 50.2 Å². The first-order chi connectivity index (χ1) is 11.1. The Bertz CT molecular complexity index is 736. The average molecular weight is 313 g/mol. The van der Waals surface area contributed by atoms with Crippen LogP contribution in [0.4, 0.5) is 0 Å². The van der Waals surface area contributed by atoms with Gasteiger partial charge in [0.15, 0.2) is 0 Å². The van der Waals surface area contributed by atoms with Gasteiger partial charge in [-0.15, -0.1) is 0 Å². The molecule has 5 heteroatoms. The molecule has 1 amide bonds. The molecule has 5 nitrogen and oxygen atoms in total. The fourth-order valence-corrected chi connectivity index (χ4v) is 4.19. The molecule has 2 fully saturated rings. The van der Waals surface area contributed by atoms with Crippen LogP contribution in [0.1, 0.15) is 41.9 Å². The molecule has 0 radical (unpaired) electrons. The highest BCUT2D eigenvalue weighted by atomic mass is 16.5. The largest absolute Gasteiger partial charge is 0.381 e. The number of amides is 1. The van der Waals surface area contributed by atoms with Crippen LogP contribution in [0.5, 0.6) is 0 Å². The molecule has 2 aromatic heterocycles. The van der Waals surface area contributed by atoms with Crippen LogP contribution in [0.2, 0.25) is 0 Å². The van der Waals surface area contributed by atoms with Crippen molar-refractivity contribution in [1.82, 2.24) is 14.3 Å². The molecule has 23 heavy (non-hydrogen) atoms. The van der Waals surface area contributed by atoms with Crippen LogP contribution in [0.25, 0.3) is 5.65 Å². The number of hydrogen-bond acceptors (Lipinski definition) is 3. The molecule has 4 rings (SSSR count). The van der Waals surface area contributed by atoms with Crippen molar-refractivity contribution >= 4 is 11.6 Å². The van der Waals surface area contributed by atoms with E-state index in [1.807, 2.05) is 40.6 Å². The SMILES string of the molecule is COC1CC2(CCN(C(=O)c3c(C)nc4ccccn34)CC2)C1. The quantitative estimate of drug-likeness (QED) is 0.856. The number of rotatable bonds is 2. The number of carbonyl (C=O) groups is 1. The van der Waals surface area contributed by atoms with E-state index in [2.05, 4.69) is 4.98 Å². The van der Waals surface area contributed by atoms with Gasteiger partial charge in [0, 0.05) is 26.4 Å². The summed E-state index contributed by atoms with van der Waals surface area (Å²) in [6.45, 7) is 3.60. The number of ether oxygens (including phenoxy) is 1. The van der Waals surface area contributed by atoms with Gasteiger partial charge in [-0.1, -0.05) is 6.07 Å². The number of hydrogen-bond donors (Lipinski definition) is 0. The number of imidazole rings is 1. The number of aryl methyl sites for hydroxylation is 1. The Balaban J connectivity index is 1.51. The Morgan fingerprint density at radius 1 is 1.30 bits per heavy atom. The summed E-state index contributed by atoms with van der Waals surface area (Å²) >= 11 is 0. The molecule has 1 aliphatic heterocycles. The van der Waals surface area contributed by atoms with Crippen molar-refractivity contribution in [3.05, 3.63) is 35.8 Å². The number of nitrogens with zero attached hydrogens (tertiary/aromatic N) is 3. The highest BCUT2D eigenvalue weighted by Crippen LogP contribution is 2.50. The fraction of sp³-hybridized carbons (Fsp3) is 0.556. The van der Waals surface area contributed by atoms with Gasteiger partial charge in [-0.25, -0.2) is 4.98 Å². The van der Waals surface area contributed by atoms with E-state index in [1.165, 1.54) is 0 Å². The molecule has 2 aromatic rings. The molecule has 122 valence electrons. The third kappa shape index (κ3) is 2.34. The van der Waals surface area contributed by atoms with Gasteiger partial charge in [-0.2, -0.15) is 0 Å². The van der Waals surface area contributed by atoms with E-state index in [9.17, 15) is 4.79 Å². The van der Waals surface area contributed by atoms with Crippen molar-refractivity contribution in [3.8, 4) is 0 Å². The Morgan fingerprint density at radius 2 is 2.04 bits per heavy atom. The summed E-state index contributed by atoms with van der Waals surface area (Å²) in [4.78, 5) is 19.5. The normalized spacial score (nSPS) is 20.9. The van der Waals surface area contributed by atoms with Crippen LogP contribution in [0.15, 0.2) is 24.4 Å². The van der Waals surface area contributed by atoms with Crippen LogP contribution >= 0.6 is 0 Å². The number of fused-ring (bicyclic) bond motifs is 1. The second-order valence-electron chi connectivity index (χ2n) is 7.03. The van der Waals surface area contributed by atoms with Gasteiger partial charge < -0.3 is 9.64 Å². The van der Waals surface area contributed by atoms with Gasteiger partial charge in [0.1, 0.15) is 11.3 Å². The number of likely N-dealkylation sites (tertiary alicyclic amines) is 1. The maximum absolute atomic E-state index is 13.0. The lowest BCUT2D eigenvalue weighted by atomic mass is 9.61. The van der Waals surface area contributed by atoms with E-state index in [0.717, 1.165) is 50.1 Å². The van der Waals surface area contributed by atoms with Crippen LogP contribution in [-0.2, 0) is 4.74 Å². The lowest BCUT2D eigenvalue weighted by Gasteiger charge is -2.51. The van der Waals surface area contributed by atoms with Gasteiger partial charge in [0.2, 0.25) is 0 Å². The summed E-state index contributed by atoms with van der Waals surface area (Å²) in [7, 11) is 1.80. The maximum atomic E-state index is 13.0. The zero-order chi connectivity index (χ0) is 16.0. The van der Waals surface area contributed by atoms with Gasteiger partial charge in [0.05, 0.1) is 11.8 Å². The Morgan fingerprint density at radius 3 is 2.74 bits per heavy atom. The predicted octanol–water partition coefficient (Wildman–Crippen LogP) is 2.67. The summed E-state index contributed by atoms with van der Waals surface area (Å²) in [5.74, 6) is 0.110. The highest BCUT2D eigenvalue weighted by molar-refractivity contribution is 5.94. The van der Waals surface area contributed by atoms with Crippen molar-refractivity contribution in [2.75, 3.05) is 20.2 Å². The molecule has 3 heterocycles. The number of aromatic nitrogens is 2. The molecule has 1 saturated carbocycles. The predicted molar refractivity (Wildman–Crippen MR) is 87.5 cm³/mol. The average Bonchev–Trinajstić information content (AvgIpc) is 2.87. The van der Waals surface area contributed by atoms with Crippen molar-refractivity contribution in [2.45, 2.75) is 38.7 Å². The lowest BCUT2D eigenvalue weighted by molar-refractivity contribution is -0.0841. The van der Waals surface area contributed by atoms with Crippen LogP contribution in [0.3, 0.4) is 0 Å². The number of carbonyl (C=O) groups excluding carboxylic acids is 1. The zero-order valence-corrected chi connectivity index (χ0v) is 13.8. The first-order valence-corrected chi connectivity index (χ1v) is 8.38. The molecular formula is C18H23N3O2. The van der Waals surface area contributed by atoms with E-state index in [1.54, 1.807) is 7.11 Å². The first-order valence-electron chi connectivity index (χ1n) is 8.38. The Hall–Kier alpha value is -1.88. The second-order valence-corrected chi connectivity index (χ2v) is 7.03. The van der Waals surface area contributed by atoms with E-state index in [-0.39, 0.29) is 5.91 Å². The van der Waals surface area contributed by atoms with Crippen LogP contribution < -0.4 is 0 Å².